The van der Waals surface area contributed by atoms with Crippen molar-refractivity contribution in [3.05, 3.63) is 63.2 Å². The number of carbonyl (C=O) groups excluding carboxylic acids is 2. The molecule has 112 valence electrons. The van der Waals surface area contributed by atoms with Crippen molar-refractivity contribution in [1.29, 1.82) is 0 Å². The third kappa shape index (κ3) is 1.68. The lowest BCUT2D eigenvalue weighted by molar-refractivity contribution is 0.0310. The minimum atomic E-state index is -2.44. The highest BCUT2D eigenvalue weighted by Crippen LogP contribution is 2.44. The predicted octanol–water partition coefficient (Wildman–Crippen LogP) is 2.93. The van der Waals surface area contributed by atoms with E-state index in [-0.39, 0.29) is 22.4 Å². The van der Waals surface area contributed by atoms with Crippen LogP contribution < -0.4 is 0 Å². The van der Waals surface area contributed by atoms with Crippen molar-refractivity contribution in [2.45, 2.75) is 19.4 Å². The average Bonchev–Trinajstić information content (AvgIpc) is 2.68. The topological polar surface area (TPSA) is 74.6 Å². The maximum Gasteiger partial charge on any atom is 0.220 e. The Morgan fingerprint density at radius 3 is 2.05 bits per heavy atom. The maximum atomic E-state index is 12.6. The summed E-state index contributed by atoms with van der Waals surface area (Å²) in [4.78, 5) is 25.2. The Bertz CT molecular complexity index is 804. The van der Waals surface area contributed by atoms with Crippen LogP contribution in [0.4, 0.5) is 0 Å². The zero-order chi connectivity index (χ0) is 16.2. The molecule has 0 radical (unpaired) electrons. The minimum Gasteiger partial charge on any atom is -0.508 e. The van der Waals surface area contributed by atoms with Gasteiger partial charge < -0.3 is 10.2 Å². The van der Waals surface area contributed by atoms with Crippen LogP contribution in [0.1, 0.15) is 37.4 Å². The van der Waals surface area contributed by atoms with Crippen molar-refractivity contribution in [3.63, 3.8) is 0 Å². The number of aromatic hydroxyl groups is 1. The van der Waals surface area contributed by atoms with Crippen LogP contribution in [-0.2, 0) is 5.60 Å². The van der Waals surface area contributed by atoms with E-state index in [2.05, 4.69) is 0 Å². The molecule has 0 unspecified atom stereocenters. The van der Waals surface area contributed by atoms with Gasteiger partial charge in [0.2, 0.25) is 17.2 Å². The van der Waals surface area contributed by atoms with Crippen LogP contribution in [0, 0.1) is 13.8 Å². The normalized spacial score (nSPS) is 16.0. The first-order valence-corrected chi connectivity index (χ1v) is 7.08. The van der Waals surface area contributed by atoms with Crippen LogP contribution in [0.5, 0.6) is 5.75 Å². The first-order valence-electron chi connectivity index (χ1n) is 6.70. The molecule has 5 heteroatoms. The Balaban J connectivity index is 2.33. The summed E-state index contributed by atoms with van der Waals surface area (Å²) >= 11 is 6.16. The summed E-state index contributed by atoms with van der Waals surface area (Å²) in [5, 5.41) is 21.4. The summed E-state index contributed by atoms with van der Waals surface area (Å²) in [5.74, 6) is -1.81. The lowest BCUT2D eigenvalue weighted by Crippen LogP contribution is -2.39. The highest BCUT2D eigenvalue weighted by atomic mass is 35.5. The second-order valence-electron chi connectivity index (χ2n) is 5.44. The van der Waals surface area contributed by atoms with Crippen molar-refractivity contribution >= 4 is 23.2 Å². The van der Waals surface area contributed by atoms with Gasteiger partial charge in [-0.05, 0) is 31.0 Å². The van der Waals surface area contributed by atoms with Crippen LogP contribution in [0.15, 0.2) is 30.3 Å². The molecule has 4 nitrogen and oxygen atoms in total. The van der Waals surface area contributed by atoms with Gasteiger partial charge in [-0.3, -0.25) is 9.59 Å². The van der Waals surface area contributed by atoms with Gasteiger partial charge in [0.05, 0.1) is 0 Å². The summed E-state index contributed by atoms with van der Waals surface area (Å²) in [6.07, 6.45) is 0. The largest absolute Gasteiger partial charge is 0.508 e. The standard InChI is InChI=1S/C17H13ClO4/c1-8-7-12(19)13(9(2)14(8)18)17(22)15(20)10-5-3-4-6-11(10)16(17)21/h3-7,19,22H,1-2H3. The number of halogens is 1. The fourth-order valence-corrected chi connectivity index (χ4v) is 3.14. The van der Waals surface area contributed by atoms with Crippen LogP contribution in [0.25, 0.3) is 0 Å². The molecule has 0 aliphatic heterocycles. The number of fused-ring (bicyclic) bond motifs is 1. The monoisotopic (exact) mass is 316 g/mol. The van der Waals surface area contributed by atoms with E-state index in [4.69, 9.17) is 11.6 Å². The van der Waals surface area contributed by atoms with Gasteiger partial charge in [-0.2, -0.15) is 0 Å². The number of hydrogen-bond acceptors (Lipinski definition) is 4. The van der Waals surface area contributed by atoms with Gasteiger partial charge in [-0.1, -0.05) is 35.9 Å². The summed E-state index contributed by atoms with van der Waals surface area (Å²) in [6.45, 7) is 3.25. The molecule has 0 spiro atoms. The molecule has 0 fully saturated rings. The van der Waals surface area contributed by atoms with E-state index in [0.29, 0.717) is 16.1 Å². The number of phenolic OH excluding ortho intramolecular Hbond substituents is 1. The smallest absolute Gasteiger partial charge is 0.220 e. The molecule has 0 amide bonds. The molecular formula is C17H13ClO4. The van der Waals surface area contributed by atoms with Crippen molar-refractivity contribution in [2.75, 3.05) is 0 Å². The summed E-state index contributed by atoms with van der Waals surface area (Å²) < 4.78 is 0. The van der Waals surface area contributed by atoms with E-state index in [1.807, 2.05) is 0 Å². The number of carbonyl (C=O) groups is 2. The number of aliphatic hydroxyl groups is 1. The fourth-order valence-electron chi connectivity index (χ4n) is 2.99. The number of rotatable bonds is 1. The molecule has 2 aromatic carbocycles. The van der Waals surface area contributed by atoms with Gasteiger partial charge in [0, 0.05) is 21.7 Å². The average molecular weight is 317 g/mol. The third-order valence-electron chi connectivity index (χ3n) is 4.10. The van der Waals surface area contributed by atoms with Crippen molar-refractivity contribution in [3.8, 4) is 5.75 Å². The van der Waals surface area contributed by atoms with E-state index in [0.717, 1.165) is 0 Å². The number of aryl methyl sites for hydroxylation is 1. The van der Waals surface area contributed by atoms with Crippen molar-refractivity contribution < 1.29 is 19.8 Å². The zero-order valence-corrected chi connectivity index (χ0v) is 12.7. The van der Waals surface area contributed by atoms with Crippen molar-refractivity contribution in [2.24, 2.45) is 0 Å². The van der Waals surface area contributed by atoms with E-state index in [9.17, 15) is 19.8 Å². The fraction of sp³-hybridized carbons (Fsp3) is 0.176. The molecule has 2 N–H and O–H groups in total. The molecule has 0 atom stereocenters. The molecule has 0 aromatic heterocycles. The summed E-state index contributed by atoms with van der Waals surface area (Å²) in [7, 11) is 0. The molecule has 0 saturated heterocycles. The Morgan fingerprint density at radius 1 is 1.05 bits per heavy atom. The Kier molecular flexibility index (Phi) is 3.13. The number of phenols is 1. The second kappa shape index (κ2) is 4.66. The lowest BCUT2D eigenvalue weighted by Gasteiger charge is -2.24. The van der Waals surface area contributed by atoms with Crippen LogP contribution in [0.2, 0.25) is 5.02 Å². The van der Waals surface area contributed by atoms with E-state index >= 15 is 0 Å². The van der Waals surface area contributed by atoms with Crippen LogP contribution in [0.3, 0.4) is 0 Å². The molecule has 1 aliphatic carbocycles. The summed E-state index contributed by atoms with van der Waals surface area (Å²) in [5.41, 5.74) is -1.38. The van der Waals surface area contributed by atoms with E-state index < -0.39 is 17.2 Å². The highest BCUT2D eigenvalue weighted by molar-refractivity contribution is 6.34. The zero-order valence-electron chi connectivity index (χ0n) is 12.0. The molecular weight excluding hydrogens is 304 g/mol. The van der Waals surface area contributed by atoms with E-state index in [1.54, 1.807) is 26.0 Å². The summed E-state index contributed by atoms with van der Waals surface area (Å²) in [6, 6.07) is 7.53. The molecule has 3 rings (SSSR count). The molecule has 0 saturated carbocycles. The molecule has 1 aliphatic rings. The Hall–Kier alpha value is -2.17. The van der Waals surface area contributed by atoms with Crippen molar-refractivity contribution in [1.82, 2.24) is 0 Å². The van der Waals surface area contributed by atoms with Gasteiger partial charge in [-0.25, -0.2) is 0 Å². The Labute approximate surface area is 132 Å². The molecule has 2 aromatic rings. The molecule has 0 bridgehead atoms. The lowest BCUT2D eigenvalue weighted by atomic mass is 9.84. The number of hydrogen-bond donors (Lipinski definition) is 2. The number of benzene rings is 2. The minimum absolute atomic E-state index is 0.144. The van der Waals surface area contributed by atoms with Gasteiger partial charge in [0.15, 0.2) is 0 Å². The SMILES string of the molecule is Cc1cc(O)c(C2(O)C(=O)c3ccccc3C2=O)c(C)c1Cl. The predicted molar refractivity (Wildman–Crippen MR) is 81.6 cm³/mol. The third-order valence-corrected chi connectivity index (χ3v) is 4.68. The van der Waals surface area contributed by atoms with E-state index in [1.165, 1.54) is 18.2 Å². The van der Waals surface area contributed by atoms with Gasteiger partial charge >= 0.3 is 0 Å². The molecule has 22 heavy (non-hydrogen) atoms. The second-order valence-corrected chi connectivity index (χ2v) is 5.82. The van der Waals surface area contributed by atoms with Crippen LogP contribution >= 0.6 is 11.6 Å². The first-order chi connectivity index (χ1) is 10.3. The van der Waals surface area contributed by atoms with Gasteiger partial charge in [-0.15, -0.1) is 0 Å². The highest BCUT2D eigenvalue weighted by Gasteiger charge is 2.55. The van der Waals surface area contributed by atoms with Gasteiger partial charge in [0.25, 0.3) is 0 Å². The number of ketones is 2. The molecule has 0 heterocycles. The maximum absolute atomic E-state index is 12.6. The first kappa shape index (κ1) is 14.8. The van der Waals surface area contributed by atoms with Gasteiger partial charge in [0.1, 0.15) is 5.75 Å². The van der Waals surface area contributed by atoms with Crippen LogP contribution in [-0.4, -0.2) is 21.8 Å². The quantitative estimate of drug-likeness (QED) is 0.793. The number of Topliss-reactive ketones (excluding diaryl/α,β-unsaturated/α-hetero) is 2. The Morgan fingerprint density at radius 2 is 1.55 bits per heavy atom.